The number of methoxy groups -OCH3 is 1. The normalized spacial score (nSPS) is 15.5. The van der Waals surface area contributed by atoms with Crippen LogP contribution in [-0.4, -0.2) is 72.1 Å². The Balaban J connectivity index is 1.41. The Morgan fingerprint density at radius 2 is 1.80 bits per heavy atom. The Bertz CT molecular complexity index is 1290. The molecule has 0 aliphatic carbocycles. The summed E-state index contributed by atoms with van der Waals surface area (Å²) in [5.74, 6) is 1.08. The van der Waals surface area contributed by atoms with Crippen LogP contribution >= 0.6 is 11.8 Å². The van der Waals surface area contributed by atoms with Crippen LogP contribution in [0.1, 0.15) is 6.92 Å². The van der Waals surface area contributed by atoms with Gasteiger partial charge in [-0.1, -0.05) is 23.9 Å². The van der Waals surface area contributed by atoms with Gasteiger partial charge in [0, 0.05) is 25.8 Å². The molecule has 186 valence electrons. The van der Waals surface area contributed by atoms with Crippen molar-refractivity contribution in [2.24, 2.45) is 7.05 Å². The molecule has 1 saturated heterocycles. The van der Waals surface area contributed by atoms with E-state index in [4.69, 9.17) is 9.47 Å². The van der Waals surface area contributed by atoms with E-state index in [-0.39, 0.29) is 10.8 Å². The van der Waals surface area contributed by atoms with Crippen molar-refractivity contribution in [3.05, 3.63) is 48.5 Å². The number of ether oxygens (including phenoxy) is 2. The maximum Gasteiger partial charge on any atom is 0.243 e. The zero-order chi connectivity index (χ0) is 25.0. The van der Waals surface area contributed by atoms with Crippen LogP contribution in [0.25, 0.3) is 11.4 Å². The van der Waals surface area contributed by atoms with Gasteiger partial charge in [-0.05, 0) is 43.3 Å². The summed E-state index contributed by atoms with van der Waals surface area (Å²) in [6, 6.07) is 13.7. The Labute approximate surface area is 208 Å². The number of amides is 1. The Kier molecular flexibility index (Phi) is 7.75. The summed E-state index contributed by atoms with van der Waals surface area (Å²) >= 11 is 1.27. The molecule has 1 aliphatic rings. The number of sulfonamides is 1. The van der Waals surface area contributed by atoms with Gasteiger partial charge in [0.15, 0.2) is 11.0 Å². The molecule has 0 radical (unpaired) electrons. The van der Waals surface area contributed by atoms with Crippen LogP contribution in [0, 0.1) is 0 Å². The number of hydrogen-bond donors (Lipinski definition) is 1. The molecule has 1 fully saturated rings. The average Bonchev–Trinajstić information content (AvgIpc) is 3.24. The van der Waals surface area contributed by atoms with Crippen LogP contribution in [0.4, 0.5) is 5.69 Å². The molecule has 0 spiro atoms. The predicted molar refractivity (Wildman–Crippen MR) is 133 cm³/mol. The summed E-state index contributed by atoms with van der Waals surface area (Å²) in [6.45, 7) is 3.20. The largest absolute Gasteiger partial charge is 0.496 e. The molecule has 1 N–H and O–H groups in total. The first-order chi connectivity index (χ1) is 16.8. The highest BCUT2D eigenvalue weighted by Crippen LogP contribution is 2.31. The molecule has 1 aromatic heterocycles. The first-order valence-corrected chi connectivity index (χ1v) is 13.3. The van der Waals surface area contributed by atoms with Crippen molar-refractivity contribution >= 4 is 33.4 Å². The number of para-hydroxylation sites is 1. The van der Waals surface area contributed by atoms with Gasteiger partial charge in [0.05, 0.1) is 36.0 Å². The number of carbonyl (C=O) groups excluding carboxylic acids is 1. The van der Waals surface area contributed by atoms with Crippen molar-refractivity contribution in [2.75, 3.05) is 38.7 Å². The topological polar surface area (TPSA) is 116 Å². The quantitative estimate of drug-likeness (QED) is 0.454. The Morgan fingerprint density at radius 3 is 2.49 bits per heavy atom. The molecule has 0 bridgehead atoms. The van der Waals surface area contributed by atoms with E-state index in [9.17, 15) is 13.2 Å². The van der Waals surface area contributed by atoms with Gasteiger partial charge in [-0.15, -0.1) is 10.2 Å². The van der Waals surface area contributed by atoms with E-state index in [0.717, 1.165) is 5.56 Å². The molecule has 0 unspecified atom stereocenters. The smallest absolute Gasteiger partial charge is 0.243 e. The van der Waals surface area contributed by atoms with Gasteiger partial charge in [0.1, 0.15) is 5.75 Å². The molecule has 12 heteroatoms. The first kappa shape index (κ1) is 25.2. The molecule has 2 aromatic carbocycles. The second-order valence-corrected chi connectivity index (χ2v) is 11.1. The van der Waals surface area contributed by atoms with Crippen LogP contribution in [0.3, 0.4) is 0 Å². The lowest BCUT2D eigenvalue weighted by Gasteiger charge is -2.26. The van der Waals surface area contributed by atoms with E-state index < -0.39 is 15.3 Å². The summed E-state index contributed by atoms with van der Waals surface area (Å²) in [7, 11) is -0.150. The van der Waals surface area contributed by atoms with Crippen LogP contribution in [0.15, 0.2) is 58.6 Å². The number of nitrogens with zero attached hydrogens (tertiary/aromatic N) is 4. The van der Waals surface area contributed by atoms with Crippen molar-refractivity contribution < 1.29 is 22.7 Å². The highest BCUT2D eigenvalue weighted by atomic mass is 32.2. The van der Waals surface area contributed by atoms with Gasteiger partial charge < -0.3 is 19.4 Å². The fourth-order valence-electron chi connectivity index (χ4n) is 3.58. The molecule has 0 saturated carbocycles. The number of aromatic nitrogens is 3. The van der Waals surface area contributed by atoms with Gasteiger partial charge in [-0.2, -0.15) is 4.31 Å². The molecule has 1 amide bonds. The number of benzene rings is 2. The van der Waals surface area contributed by atoms with Gasteiger partial charge in [0.25, 0.3) is 0 Å². The van der Waals surface area contributed by atoms with Crippen molar-refractivity contribution in [3.63, 3.8) is 0 Å². The number of rotatable bonds is 8. The molecule has 4 rings (SSSR count). The minimum absolute atomic E-state index is 0.183. The van der Waals surface area contributed by atoms with Crippen LogP contribution in [0.5, 0.6) is 5.75 Å². The lowest BCUT2D eigenvalue weighted by atomic mass is 10.2. The van der Waals surface area contributed by atoms with E-state index in [1.807, 2.05) is 35.9 Å². The molecule has 10 nitrogen and oxygen atoms in total. The first-order valence-electron chi connectivity index (χ1n) is 11.0. The molecule has 35 heavy (non-hydrogen) atoms. The van der Waals surface area contributed by atoms with Crippen LogP contribution in [0.2, 0.25) is 0 Å². The minimum atomic E-state index is -3.59. The van der Waals surface area contributed by atoms with Crippen molar-refractivity contribution in [1.29, 1.82) is 0 Å². The number of hydrogen-bond acceptors (Lipinski definition) is 8. The number of morpholine rings is 1. The number of anilines is 1. The maximum atomic E-state index is 12.8. The Morgan fingerprint density at radius 1 is 1.11 bits per heavy atom. The van der Waals surface area contributed by atoms with E-state index in [2.05, 4.69) is 15.5 Å². The standard InChI is InChI=1S/C23H27N5O5S2/c1-16(34-23-26-25-21(27(23)2)19-6-4-5-7-20(19)32-3)22(29)24-17-8-10-18(11-9-17)35(30,31)28-12-14-33-15-13-28/h4-11,16H,12-15H2,1-3H3,(H,24,29)/t16-/m1/s1. The lowest BCUT2D eigenvalue weighted by Crippen LogP contribution is -2.40. The molecular formula is C23H27N5O5S2. The summed E-state index contributed by atoms with van der Waals surface area (Å²) in [5, 5.41) is 11.5. The number of thioether (sulfide) groups is 1. The zero-order valence-corrected chi connectivity index (χ0v) is 21.3. The van der Waals surface area contributed by atoms with Gasteiger partial charge in [-0.3, -0.25) is 4.79 Å². The third-order valence-corrected chi connectivity index (χ3v) is 8.61. The van der Waals surface area contributed by atoms with Crippen LogP contribution < -0.4 is 10.1 Å². The zero-order valence-electron chi connectivity index (χ0n) is 19.7. The van der Waals surface area contributed by atoms with Crippen molar-refractivity contribution in [1.82, 2.24) is 19.1 Å². The number of carbonyl (C=O) groups is 1. The SMILES string of the molecule is COc1ccccc1-c1nnc(S[C@H](C)C(=O)Nc2ccc(S(=O)(=O)N3CCOCC3)cc2)n1C. The van der Waals surface area contributed by atoms with E-state index in [0.29, 0.717) is 48.7 Å². The minimum Gasteiger partial charge on any atom is -0.496 e. The predicted octanol–water partition coefficient (Wildman–Crippen LogP) is 2.63. The summed E-state index contributed by atoms with van der Waals surface area (Å²) in [6.07, 6.45) is 0. The van der Waals surface area contributed by atoms with Crippen molar-refractivity contribution in [2.45, 2.75) is 22.2 Å². The highest BCUT2D eigenvalue weighted by molar-refractivity contribution is 8.00. The van der Waals surface area contributed by atoms with E-state index in [1.54, 1.807) is 26.2 Å². The molecule has 1 aliphatic heterocycles. The third kappa shape index (κ3) is 5.50. The summed E-state index contributed by atoms with van der Waals surface area (Å²) in [4.78, 5) is 13.0. The lowest BCUT2D eigenvalue weighted by molar-refractivity contribution is -0.115. The third-order valence-electron chi connectivity index (χ3n) is 5.56. The monoisotopic (exact) mass is 517 g/mol. The maximum absolute atomic E-state index is 12.8. The summed E-state index contributed by atoms with van der Waals surface area (Å²) in [5.41, 5.74) is 1.32. The second-order valence-electron chi connectivity index (χ2n) is 7.86. The second kappa shape index (κ2) is 10.8. The van der Waals surface area contributed by atoms with Gasteiger partial charge in [-0.25, -0.2) is 8.42 Å². The van der Waals surface area contributed by atoms with E-state index >= 15 is 0 Å². The van der Waals surface area contributed by atoms with Gasteiger partial charge >= 0.3 is 0 Å². The highest BCUT2D eigenvalue weighted by Gasteiger charge is 2.26. The Hall–Kier alpha value is -2.93. The summed E-state index contributed by atoms with van der Waals surface area (Å²) < 4.78 is 39.4. The van der Waals surface area contributed by atoms with Gasteiger partial charge in [0.2, 0.25) is 15.9 Å². The number of nitrogens with one attached hydrogen (secondary N) is 1. The average molecular weight is 518 g/mol. The fourth-order valence-corrected chi connectivity index (χ4v) is 5.81. The van der Waals surface area contributed by atoms with E-state index in [1.165, 1.54) is 28.2 Å². The molecular weight excluding hydrogens is 490 g/mol. The fraction of sp³-hybridized carbons (Fsp3) is 0.348. The van der Waals surface area contributed by atoms with Crippen LogP contribution in [-0.2, 0) is 26.6 Å². The van der Waals surface area contributed by atoms with Crippen molar-refractivity contribution in [3.8, 4) is 17.1 Å². The molecule has 3 aromatic rings. The molecule has 1 atom stereocenters. The molecule has 2 heterocycles.